The van der Waals surface area contributed by atoms with Crippen LogP contribution in [0.5, 0.6) is 0 Å². The summed E-state index contributed by atoms with van der Waals surface area (Å²) in [5.41, 5.74) is 0. The van der Waals surface area contributed by atoms with E-state index >= 15 is 0 Å². The molecular formula is C43H79O8P. The van der Waals surface area contributed by atoms with Crippen LogP contribution < -0.4 is 0 Å². The fraction of sp³-hybridized carbons (Fsp3) is 0.814. The molecule has 1 unspecified atom stereocenters. The lowest BCUT2D eigenvalue weighted by Gasteiger charge is -2.18. The van der Waals surface area contributed by atoms with Crippen molar-refractivity contribution < 1.29 is 37.9 Å². The molecule has 0 fully saturated rings. The summed E-state index contributed by atoms with van der Waals surface area (Å²) in [4.78, 5) is 42.7. The monoisotopic (exact) mass is 755 g/mol. The zero-order chi connectivity index (χ0) is 38.2. The third-order valence-corrected chi connectivity index (χ3v) is 9.63. The molecule has 0 spiro atoms. The Labute approximate surface area is 319 Å². The first-order valence-electron chi connectivity index (χ1n) is 21.3. The first-order valence-corrected chi connectivity index (χ1v) is 22.8. The highest BCUT2D eigenvalue weighted by atomic mass is 31.2. The molecule has 1 atom stereocenters. The van der Waals surface area contributed by atoms with Crippen molar-refractivity contribution in [3.05, 3.63) is 36.5 Å². The van der Waals surface area contributed by atoms with E-state index in [1.807, 2.05) is 12.2 Å². The summed E-state index contributed by atoms with van der Waals surface area (Å²) < 4.78 is 26.3. The van der Waals surface area contributed by atoms with Gasteiger partial charge in [-0.15, -0.1) is 0 Å². The summed E-state index contributed by atoms with van der Waals surface area (Å²) in [5.74, 6) is -0.965. The highest BCUT2D eigenvalue weighted by molar-refractivity contribution is 7.46. The Morgan fingerprint density at radius 2 is 0.904 bits per heavy atom. The number of esters is 2. The van der Waals surface area contributed by atoms with Gasteiger partial charge < -0.3 is 19.3 Å². The Balaban J connectivity index is 3.92. The van der Waals surface area contributed by atoms with Crippen molar-refractivity contribution in [3.63, 3.8) is 0 Å². The molecule has 0 aliphatic rings. The lowest BCUT2D eigenvalue weighted by molar-refractivity contribution is -0.161. The van der Waals surface area contributed by atoms with Crippen LogP contribution in [0.25, 0.3) is 0 Å². The SMILES string of the molecule is CCCCCCCC/C=C/C/C=C/CCC(=O)OC(COC(=O)CCCCCCCCC/C=C/CCCCCCCCCCCC)COP(=O)(O)O. The molecule has 0 saturated heterocycles. The van der Waals surface area contributed by atoms with E-state index < -0.39 is 32.5 Å². The molecule has 0 saturated carbocycles. The third kappa shape index (κ3) is 41.0. The van der Waals surface area contributed by atoms with Gasteiger partial charge in [-0.2, -0.15) is 0 Å². The van der Waals surface area contributed by atoms with E-state index in [1.54, 1.807) is 0 Å². The highest BCUT2D eigenvalue weighted by Crippen LogP contribution is 2.36. The van der Waals surface area contributed by atoms with Crippen LogP contribution in [0.3, 0.4) is 0 Å². The maximum absolute atomic E-state index is 12.3. The predicted molar refractivity (Wildman–Crippen MR) is 216 cm³/mol. The molecule has 0 aliphatic carbocycles. The Hall–Kier alpha value is -1.73. The predicted octanol–water partition coefficient (Wildman–Crippen LogP) is 13.0. The molecule has 0 aromatic heterocycles. The second-order valence-corrected chi connectivity index (χ2v) is 15.5. The number of phosphoric ester groups is 1. The van der Waals surface area contributed by atoms with E-state index in [1.165, 1.54) is 128 Å². The fourth-order valence-electron chi connectivity index (χ4n) is 5.95. The van der Waals surface area contributed by atoms with Gasteiger partial charge in [0, 0.05) is 12.8 Å². The van der Waals surface area contributed by atoms with Crippen molar-refractivity contribution in [2.24, 2.45) is 0 Å². The second-order valence-electron chi connectivity index (χ2n) is 14.3. The normalized spacial score (nSPS) is 12.8. The summed E-state index contributed by atoms with van der Waals surface area (Å²) in [6, 6.07) is 0. The summed E-state index contributed by atoms with van der Waals surface area (Å²) in [7, 11) is -4.77. The van der Waals surface area contributed by atoms with Gasteiger partial charge in [0.15, 0.2) is 6.10 Å². The number of carbonyl (C=O) groups is 2. The quantitative estimate of drug-likeness (QED) is 0.0275. The van der Waals surface area contributed by atoms with Gasteiger partial charge in [0.2, 0.25) is 0 Å². The Bertz CT molecular complexity index is 941. The standard InChI is InChI=1S/C43H79O8P/c1-3-5-7-9-11-13-15-17-18-19-20-21-22-23-24-26-27-29-31-33-35-37-42(44)49-39-41(40-50-52(46,47)48)51-43(45)38-36-34-32-30-28-25-16-14-12-10-8-6-4-2/h21-22,25,28,32,34,41H,3-20,23-24,26-27,29-31,33,35-40H2,1-2H3,(H2,46,47,48)/b22-21+,28-25+,34-32+. The number of allylic oxidation sites excluding steroid dienone is 6. The van der Waals surface area contributed by atoms with Crippen LogP contribution >= 0.6 is 7.82 Å². The lowest BCUT2D eigenvalue weighted by atomic mass is 10.1. The van der Waals surface area contributed by atoms with Crippen molar-refractivity contribution in [2.45, 2.75) is 213 Å². The number of hydrogen-bond donors (Lipinski definition) is 2. The topological polar surface area (TPSA) is 119 Å². The zero-order valence-corrected chi connectivity index (χ0v) is 34.4. The molecule has 8 nitrogen and oxygen atoms in total. The molecule has 0 radical (unpaired) electrons. The lowest BCUT2D eigenvalue weighted by Crippen LogP contribution is -2.29. The van der Waals surface area contributed by atoms with Gasteiger partial charge in [0.05, 0.1) is 6.61 Å². The summed E-state index contributed by atoms with van der Waals surface area (Å²) in [5, 5.41) is 0. The summed E-state index contributed by atoms with van der Waals surface area (Å²) in [6.45, 7) is 3.63. The largest absolute Gasteiger partial charge is 0.469 e. The number of ether oxygens (including phenoxy) is 2. The number of hydrogen-bond acceptors (Lipinski definition) is 6. The molecule has 0 bridgehead atoms. The van der Waals surface area contributed by atoms with Crippen LogP contribution in [0, 0.1) is 0 Å². The molecule has 2 N–H and O–H groups in total. The first-order chi connectivity index (χ1) is 25.3. The minimum Gasteiger partial charge on any atom is -0.462 e. The van der Waals surface area contributed by atoms with Gasteiger partial charge in [0.25, 0.3) is 0 Å². The van der Waals surface area contributed by atoms with Crippen LogP contribution in [0.15, 0.2) is 36.5 Å². The van der Waals surface area contributed by atoms with Gasteiger partial charge >= 0.3 is 19.8 Å². The van der Waals surface area contributed by atoms with Crippen molar-refractivity contribution in [1.82, 2.24) is 0 Å². The number of rotatable bonds is 39. The van der Waals surface area contributed by atoms with E-state index in [2.05, 4.69) is 42.7 Å². The van der Waals surface area contributed by atoms with E-state index in [-0.39, 0.29) is 19.4 Å². The smallest absolute Gasteiger partial charge is 0.462 e. The summed E-state index contributed by atoms with van der Waals surface area (Å²) in [6.07, 6.45) is 46.0. The van der Waals surface area contributed by atoms with E-state index in [4.69, 9.17) is 19.3 Å². The molecule has 9 heteroatoms. The molecule has 0 heterocycles. The molecule has 0 aromatic rings. The highest BCUT2D eigenvalue weighted by Gasteiger charge is 2.22. The minimum absolute atomic E-state index is 0.106. The Morgan fingerprint density at radius 1 is 0.500 bits per heavy atom. The molecule has 52 heavy (non-hydrogen) atoms. The van der Waals surface area contributed by atoms with E-state index in [0.29, 0.717) is 12.8 Å². The van der Waals surface area contributed by atoms with Crippen molar-refractivity contribution in [3.8, 4) is 0 Å². The average Bonchev–Trinajstić information content (AvgIpc) is 3.11. The Kier molecular flexibility index (Phi) is 37.7. The van der Waals surface area contributed by atoms with Crippen molar-refractivity contribution in [2.75, 3.05) is 13.2 Å². The van der Waals surface area contributed by atoms with Crippen LogP contribution in [0.4, 0.5) is 0 Å². The first kappa shape index (κ1) is 50.3. The van der Waals surface area contributed by atoms with Crippen LogP contribution in [-0.2, 0) is 28.2 Å². The van der Waals surface area contributed by atoms with Crippen LogP contribution in [0.1, 0.15) is 206 Å². The average molecular weight is 755 g/mol. The molecule has 304 valence electrons. The third-order valence-electron chi connectivity index (χ3n) is 9.14. The number of carbonyl (C=O) groups excluding carboxylic acids is 2. The van der Waals surface area contributed by atoms with Gasteiger partial charge in [-0.25, -0.2) is 4.57 Å². The van der Waals surface area contributed by atoms with Gasteiger partial charge in [0.1, 0.15) is 6.61 Å². The summed E-state index contributed by atoms with van der Waals surface area (Å²) >= 11 is 0. The van der Waals surface area contributed by atoms with Crippen molar-refractivity contribution in [1.29, 1.82) is 0 Å². The van der Waals surface area contributed by atoms with Gasteiger partial charge in [-0.1, -0.05) is 172 Å². The maximum Gasteiger partial charge on any atom is 0.469 e. The minimum atomic E-state index is -4.77. The molecule has 0 amide bonds. The van der Waals surface area contributed by atoms with Gasteiger partial charge in [-0.3, -0.25) is 14.1 Å². The Morgan fingerprint density at radius 3 is 1.37 bits per heavy atom. The van der Waals surface area contributed by atoms with Crippen LogP contribution in [0.2, 0.25) is 0 Å². The van der Waals surface area contributed by atoms with E-state index in [0.717, 1.165) is 38.5 Å². The molecule has 0 aromatic carbocycles. The zero-order valence-electron chi connectivity index (χ0n) is 33.5. The fourth-order valence-corrected chi connectivity index (χ4v) is 6.31. The number of unbranched alkanes of at least 4 members (excludes halogenated alkanes) is 23. The molecule has 0 rings (SSSR count). The van der Waals surface area contributed by atoms with Gasteiger partial charge in [-0.05, 0) is 57.8 Å². The molecular weight excluding hydrogens is 675 g/mol. The van der Waals surface area contributed by atoms with Crippen molar-refractivity contribution >= 4 is 19.8 Å². The second kappa shape index (κ2) is 39.0. The number of phosphoric acid groups is 1. The van der Waals surface area contributed by atoms with Crippen LogP contribution in [-0.4, -0.2) is 41.0 Å². The van der Waals surface area contributed by atoms with E-state index in [9.17, 15) is 14.2 Å². The molecule has 0 aliphatic heterocycles. The maximum atomic E-state index is 12.3.